The van der Waals surface area contributed by atoms with E-state index < -0.39 is 11.2 Å². The number of methoxy groups -OCH3 is 2. The summed E-state index contributed by atoms with van der Waals surface area (Å²) < 4.78 is 11.5. The largest absolute Gasteiger partial charge is 0.497 e. The molecule has 5 aromatic rings. The van der Waals surface area contributed by atoms with Crippen molar-refractivity contribution < 1.29 is 14.3 Å². The second kappa shape index (κ2) is 8.86. The summed E-state index contributed by atoms with van der Waals surface area (Å²) in [5.41, 5.74) is 1.96. The number of carbonyl (C=O) groups excluding carboxylic acids is 1. The van der Waals surface area contributed by atoms with Crippen molar-refractivity contribution in [2.24, 2.45) is 0 Å². The second-order valence-corrected chi connectivity index (χ2v) is 7.94. The predicted octanol–water partition coefficient (Wildman–Crippen LogP) is 3.11. The number of nitrogens with zero attached hydrogens (tertiary/aromatic N) is 1. The summed E-state index contributed by atoms with van der Waals surface area (Å²) in [6.45, 7) is 0.332. The highest BCUT2D eigenvalue weighted by atomic mass is 16.5. The van der Waals surface area contributed by atoms with E-state index in [4.69, 9.17) is 9.47 Å². The quantitative estimate of drug-likeness (QED) is 0.352. The van der Waals surface area contributed by atoms with Gasteiger partial charge in [-0.1, -0.05) is 12.1 Å². The van der Waals surface area contributed by atoms with E-state index in [0.717, 1.165) is 10.1 Å². The van der Waals surface area contributed by atoms with Crippen LogP contribution in [0.25, 0.3) is 27.6 Å². The number of ether oxygens (including phenoxy) is 2. The molecule has 3 N–H and O–H groups in total. The molecule has 0 aliphatic rings. The first-order valence-corrected chi connectivity index (χ1v) is 10.8. The van der Waals surface area contributed by atoms with Crippen LogP contribution in [0.3, 0.4) is 0 Å². The van der Waals surface area contributed by atoms with Gasteiger partial charge in [0, 0.05) is 23.0 Å². The summed E-state index contributed by atoms with van der Waals surface area (Å²) in [4.78, 5) is 44.5. The zero-order valence-electron chi connectivity index (χ0n) is 19.0. The van der Waals surface area contributed by atoms with Gasteiger partial charge in [0.2, 0.25) is 0 Å². The van der Waals surface area contributed by atoms with E-state index in [0.29, 0.717) is 45.7 Å². The molecule has 1 amide bonds. The van der Waals surface area contributed by atoms with Crippen LogP contribution in [0.4, 0.5) is 0 Å². The lowest BCUT2D eigenvalue weighted by Gasteiger charge is -2.08. The summed E-state index contributed by atoms with van der Waals surface area (Å²) in [6.07, 6.45) is 0. The van der Waals surface area contributed by atoms with E-state index in [-0.39, 0.29) is 11.4 Å². The summed E-state index contributed by atoms with van der Waals surface area (Å²) in [7, 11) is 3.14. The third-order valence-electron chi connectivity index (χ3n) is 5.83. The van der Waals surface area contributed by atoms with Crippen molar-refractivity contribution in [3.05, 3.63) is 98.7 Å². The smallest absolute Gasteiger partial charge is 0.333 e. The predicted molar refractivity (Wildman–Crippen MR) is 133 cm³/mol. The minimum atomic E-state index is -0.582. The average Bonchev–Trinajstić information content (AvgIpc) is 3.25. The highest BCUT2D eigenvalue weighted by Crippen LogP contribution is 2.25. The van der Waals surface area contributed by atoms with Crippen LogP contribution in [0, 0.1) is 0 Å². The topological polar surface area (TPSA) is 118 Å². The molecule has 0 bridgehead atoms. The van der Waals surface area contributed by atoms with Crippen LogP contribution in [0.1, 0.15) is 15.9 Å². The molecule has 2 aromatic heterocycles. The van der Waals surface area contributed by atoms with Crippen LogP contribution in [0.15, 0.2) is 76.3 Å². The first-order chi connectivity index (χ1) is 17.0. The van der Waals surface area contributed by atoms with Gasteiger partial charge in [-0.2, -0.15) is 0 Å². The van der Waals surface area contributed by atoms with Gasteiger partial charge < -0.3 is 24.8 Å². The lowest BCUT2D eigenvalue weighted by atomic mass is 10.1. The standard InChI is InChI=1S/C26H22N4O5/c1-34-18-5-3-4-15(12-18)14-27-24(31)16-6-8-17(9-7-16)30-25(32)23-22(29-26(30)33)20-13-19(35-2)10-11-21(20)28-23/h3-13,28H,14H2,1-2H3,(H,27,31)(H,29,33). The zero-order chi connectivity index (χ0) is 24.5. The van der Waals surface area contributed by atoms with Crippen molar-refractivity contribution in [1.82, 2.24) is 19.9 Å². The number of benzene rings is 3. The maximum absolute atomic E-state index is 13.2. The van der Waals surface area contributed by atoms with Gasteiger partial charge in [0.15, 0.2) is 0 Å². The Morgan fingerprint density at radius 3 is 2.37 bits per heavy atom. The van der Waals surface area contributed by atoms with E-state index >= 15 is 0 Å². The number of carbonyl (C=O) groups is 1. The molecule has 0 unspecified atom stereocenters. The number of fused-ring (bicyclic) bond motifs is 3. The molecule has 35 heavy (non-hydrogen) atoms. The number of aromatic amines is 2. The van der Waals surface area contributed by atoms with Crippen molar-refractivity contribution in [3.8, 4) is 17.2 Å². The van der Waals surface area contributed by atoms with Crippen LogP contribution in [-0.2, 0) is 6.54 Å². The first-order valence-electron chi connectivity index (χ1n) is 10.8. The SMILES string of the molecule is COc1cccc(CNC(=O)c2ccc(-n3c(=O)[nH]c4c([nH]c5ccc(OC)cc54)c3=O)cc2)c1. The number of nitrogens with one attached hydrogen (secondary N) is 3. The van der Waals surface area contributed by atoms with Gasteiger partial charge in [0.05, 0.1) is 25.4 Å². The lowest BCUT2D eigenvalue weighted by molar-refractivity contribution is 0.0951. The van der Waals surface area contributed by atoms with E-state index in [1.807, 2.05) is 24.3 Å². The van der Waals surface area contributed by atoms with Gasteiger partial charge in [-0.15, -0.1) is 0 Å². The molecule has 3 aromatic carbocycles. The van der Waals surface area contributed by atoms with Crippen molar-refractivity contribution in [1.29, 1.82) is 0 Å². The average molecular weight is 470 g/mol. The van der Waals surface area contributed by atoms with Gasteiger partial charge in [-0.05, 0) is 60.2 Å². The van der Waals surface area contributed by atoms with Gasteiger partial charge in [0.25, 0.3) is 11.5 Å². The molecule has 9 heteroatoms. The number of hydrogen-bond donors (Lipinski definition) is 3. The molecule has 5 rings (SSSR count). The summed E-state index contributed by atoms with van der Waals surface area (Å²) in [5.74, 6) is 1.05. The van der Waals surface area contributed by atoms with Crippen molar-refractivity contribution >= 4 is 27.8 Å². The second-order valence-electron chi connectivity index (χ2n) is 7.94. The van der Waals surface area contributed by atoms with E-state index in [2.05, 4.69) is 15.3 Å². The maximum atomic E-state index is 13.2. The zero-order valence-corrected chi connectivity index (χ0v) is 19.0. The molecule has 0 atom stereocenters. The minimum Gasteiger partial charge on any atom is -0.497 e. The van der Waals surface area contributed by atoms with Crippen molar-refractivity contribution in [2.75, 3.05) is 14.2 Å². The molecule has 0 radical (unpaired) electrons. The molecule has 176 valence electrons. The molecule has 0 saturated heterocycles. The lowest BCUT2D eigenvalue weighted by Crippen LogP contribution is -2.33. The molecular weight excluding hydrogens is 448 g/mol. The number of amides is 1. The van der Waals surface area contributed by atoms with Gasteiger partial charge >= 0.3 is 5.69 Å². The summed E-state index contributed by atoms with van der Waals surface area (Å²) in [5, 5.41) is 3.53. The van der Waals surface area contributed by atoms with Crippen molar-refractivity contribution in [3.63, 3.8) is 0 Å². The summed E-state index contributed by atoms with van der Waals surface area (Å²) >= 11 is 0. The number of hydrogen-bond acceptors (Lipinski definition) is 5. The number of aromatic nitrogens is 3. The van der Waals surface area contributed by atoms with Gasteiger partial charge in [-0.25, -0.2) is 9.36 Å². The summed E-state index contributed by atoms with van der Waals surface area (Å²) in [6, 6.07) is 19.0. The van der Waals surface area contributed by atoms with Crippen LogP contribution in [0.2, 0.25) is 0 Å². The Labute approximate surface area is 198 Å². The molecule has 0 saturated carbocycles. The van der Waals surface area contributed by atoms with Crippen LogP contribution in [-0.4, -0.2) is 34.7 Å². The number of H-pyrrole nitrogens is 2. The Kier molecular flexibility index (Phi) is 5.58. The Balaban J connectivity index is 1.43. The third kappa shape index (κ3) is 4.04. The minimum absolute atomic E-state index is 0.271. The van der Waals surface area contributed by atoms with Crippen LogP contribution >= 0.6 is 0 Å². The van der Waals surface area contributed by atoms with E-state index in [1.54, 1.807) is 56.7 Å². The van der Waals surface area contributed by atoms with Gasteiger partial charge in [0.1, 0.15) is 17.0 Å². The van der Waals surface area contributed by atoms with Crippen LogP contribution in [0.5, 0.6) is 11.5 Å². The van der Waals surface area contributed by atoms with Gasteiger partial charge in [-0.3, -0.25) is 9.59 Å². The fraction of sp³-hybridized carbons (Fsp3) is 0.115. The molecule has 9 nitrogen and oxygen atoms in total. The Hall–Kier alpha value is -4.79. The van der Waals surface area contributed by atoms with E-state index in [9.17, 15) is 14.4 Å². The van der Waals surface area contributed by atoms with Crippen molar-refractivity contribution in [2.45, 2.75) is 6.54 Å². The highest BCUT2D eigenvalue weighted by Gasteiger charge is 2.15. The van der Waals surface area contributed by atoms with Crippen LogP contribution < -0.4 is 26.0 Å². The number of rotatable bonds is 6. The fourth-order valence-corrected chi connectivity index (χ4v) is 4.02. The molecule has 0 fully saturated rings. The molecule has 2 heterocycles. The molecular formula is C26H22N4O5. The molecule has 0 aliphatic heterocycles. The Bertz CT molecular complexity index is 1680. The monoisotopic (exact) mass is 470 g/mol. The van der Waals surface area contributed by atoms with E-state index in [1.165, 1.54) is 0 Å². The first kappa shape index (κ1) is 22.0. The third-order valence-corrected chi connectivity index (χ3v) is 5.83. The Morgan fingerprint density at radius 1 is 0.886 bits per heavy atom. The highest BCUT2D eigenvalue weighted by molar-refractivity contribution is 6.05. The Morgan fingerprint density at radius 2 is 1.63 bits per heavy atom. The maximum Gasteiger partial charge on any atom is 0.333 e. The molecule has 0 spiro atoms. The molecule has 0 aliphatic carbocycles. The fourth-order valence-electron chi connectivity index (χ4n) is 4.02. The normalized spacial score (nSPS) is 11.0.